The molecule has 1 atom stereocenters. The van der Waals surface area contributed by atoms with Gasteiger partial charge < -0.3 is 5.11 Å². The van der Waals surface area contributed by atoms with E-state index in [2.05, 4.69) is 46.9 Å². The first-order valence-corrected chi connectivity index (χ1v) is 7.73. The lowest BCUT2D eigenvalue weighted by Gasteiger charge is -2.11. The molecule has 1 aliphatic rings. The maximum atomic E-state index is 10.3. The summed E-state index contributed by atoms with van der Waals surface area (Å²) in [6.07, 6.45) is 3.14. The monoisotopic (exact) mass is 356 g/mol. The molecule has 0 spiro atoms. The number of rotatable bonds is 2. The highest BCUT2D eigenvalue weighted by atomic mass is 127. The fourth-order valence-electron chi connectivity index (χ4n) is 2.42. The smallest absolute Gasteiger partial charge is 0.105 e. The Morgan fingerprint density at radius 2 is 1.94 bits per heavy atom. The predicted octanol–water partition coefficient (Wildman–Crippen LogP) is 3.92. The number of aryl methyl sites for hydroxylation is 2. The average Bonchev–Trinajstić information content (AvgIpc) is 2.95. The molecule has 3 heteroatoms. The van der Waals surface area contributed by atoms with Crippen molar-refractivity contribution in [2.45, 2.75) is 25.4 Å². The van der Waals surface area contributed by atoms with Crippen LogP contribution in [0.2, 0.25) is 0 Å². The Kier molecular flexibility index (Phi) is 3.23. The fraction of sp³-hybridized carbons (Fsp3) is 0.286. The van der Waals surface area contributed by atoms with Gasteiger partial charge >= 0.3 is 0 Å². The molecule has 88 valence electrons. The zero-order chi connectivity index (χ0) is 11.8. The summed E-state index contributed by atoms with van der Waals surface area (Å²) in [5.74, 6) is 0. The van der Waals surface area contributed by atoms with Gasteiger partial charge in [-0.2, -0.15) is 0 Å². The van der Waals surface area contributed by atoms with E-state index in [0.29, 0.717) is 0 Å². The Bertz CT molecular complexity index is 547. The zero-order valence-corrected chi connectivity index (χ0v) is 12.3. The molecule has 1 aliphatic carbocycles. The predicted molar refractivity (Wildman–Crippen MR) is 79.6 cm³/mol. The van der Waals surface area contributed by atoms with Gasteiger partial charge in [0.05, 0.1) is 2.88 Å². The van der Waals surface area contributed by atoms with E-state index in [1.807, 2.05) is 5.38 Å². The van der Waals surface area contributed by atoms with Gasteiger partial charge in [0.15, 0.2) is 0 Å². The summed E-state index contributed by atoms with van der Waals surface area (Å²) in [5.41, 5.74) is 4.92. The van der Waals surface area contributed by atoms with E-state index >= 15 is 0 Å². The lowest BCUT2D eigenvalue weighted by molar-refractivity contribution is 0.220. The highest BCUT2D eigenvalue weighted by molar-refractivity contribution is 14.1. The lowest BCUT2D eigenvalue weighted by atomic mass is 10.00. The molecule has 3 rings (SSSR count). The SMILES string of the molecule is OC(c1csc(I)c1)c1ccc2c(c1)CCC2. The number of aliphatic hydroxyl groups excluding tert-OH is 1. The Hall–Kier alpha value is -0.390. The molecule has 0 aliphatic heterocycles. The van der Waals surface area contributed by atoms with Crippen molar-refractivity contribution in [3.8, 4) is 0 Å². The van der Waals surface area contributed by atoms with Crippen LogP contribution in [0.4, 0.5) is 0 Å². The van der Waals surface area contributed by atoms with Crippen molar-refractivity contribution in [3.05, 3.63) is 54.8 Å². The first kappa shape index (κ1) is 11.7. The molecular formula is C14H13IOS. The summed E-state index contributed by atoms with van der Waals surface area (Å²) in [5, 5.41) is 12.4. The molecule has 1 aromatic carbocycles. The Labute approximate surface area is 119 Å². The second-order valence-electron chi connectivity index (χ2n) is 4.47. The molecule has 17 heavy (non-hydrogen) atoms. The van der Waals surface area contributed by atoms with Crippen LogP contribution in [0.5, 0.6) is 0 Å². The summed E-state index contributed by atoms with van der Waals surface area (Å²) in [6.45, 7) is 0. The maximum absolute atomic E-state index is 10.3. The average molecular weight is 356 g/mol. The van der Waals surface area contributed by atoms with Gasteiger partial charge in [0.2, 0.25) is 0 Å². The number of thiophene rings is 1. The largest absolute Gasteiger partial charge is 0.384 e. The minimum absolute atomic E-state index is 0.472. The van der Waals surface area contributed by atoms with Crippen molar-refractivity contribution in [1.82, 2.24) is 0 Å². The van der Waals surface area contributed by atoms with Gasteiger partial charge in [-0.05, 0) is 75.6 Å². The van der Waals surface area contributed by atoms with Crippen LogP contribution in [0.25, 0.3) is 0 Å². The molecule has 0 amide bonds. The molecule has 1 heterocycles. The number of aliphatic hydroxyl groups is 1. The fourth-order valence-corrected chi connectivity index (χ4v) is 3.81. The van der Waals surface area contributed by atoms with E-state index in [0.717, 1.165) is 17.5 Å². The molecule has 1 aromatic heterocycles. The Balaban J connectivity index is 1.94. The van der Waals surface area contributed by atoms with E-state index in [-0.39, 0.29) is 0 Å². The van der Waals surface area contributed by atoms with E-state index in [1.165, 1.54) is 26.9 Å². The number of halogens is 1. The Morgan fingerprint density at radius 1 is 1.12 bits per heavy atom. The van der Waals surface area contributed by atoms with Crippen molar-refractivity contribution < 1.29 is 5.11 Å². The molecule has 1 N–H and O–H groups in total. The molecule has 1 unspecified atom stereocenters. The standard InChI is InChI=1S/C14H13IOS/c15-13-7-12(8-17-13)14(16)11-5-4-9-2-1-3-10(9)6-11/h4-8,14,16H,1-3H2. The van der Waals surface area contributed by atoms with Gasteiger partial charge in [-0.15, -0.1) is 11.3 Å². The Morgan fingerprint density at radius 3 is 2.71 bits per heavy atom. The maximum Gasteiger partial charge on any atom is 0.105 e. The molecule has 0 radical (unpaired) electrons. The van der Waals surface area contributed by atoms with Crippen LogP contribution >= 0.6 is 33.9 Å². The van der Waals surface area contributed by atoms with Gasteiger partial charge in [-0.1, -0.05) is 18.2 Å². The zero-order valence-electron chi connectivity index (χ0n) is 9.32. The van der Waals surface area contributed by atoms with E-state index in [9.17, 15) is 5.11 Å². The molecule has 0 saturated heterocycles. The first-order valence-electron chi connectivity index (χ1n) is 5.78. The van der Waals surface area contributed by atoms with E-state index < -0.39 is 6.10 Å². The highest BCUT2D eigenvalue weighted by Crippen LogP contribution is 2.30. The van der Waals surface area contributed by atoms with Crippen molar-refractivity contribution in [3.63, 3.8) is 0 Å². The summed E-state index contributed by atoms with van der Waals surface area (Å²) in [7, 11) is 0. The van der Waals surface area contributed by atoms with Crippen LogP contribution in [0.15, 0.2) is 29.6 Å². The number of fused-ring (bicyclic) bond motifs is 1. The number of hydrogen-bond donors (Lipinski definition) is 1. The van der Waals surface area contributed by atoms with Gasteiger partial charge in [0.25, 0.3) is 0 Å². The quantitative estimate of drug-likeness (QED) is 0.809. The molecule has 0 bridgehead atoms. The number of benzene rings is 1. The molecule has 2 aromatic rings. The molecule has 0 saturated carbocycles. The third-order valence-corrected chi connectivity index (χ3v) is 5.15. The van der Waals surface area contributed by atoms with Crippen molar-refractivity contribution in [1.29, 1.82) is 0 Å². The van der Waals surface area contributed by atoms with Crippen LogP contribution in [-0.2, 0) is 12.8 Å². The minimum atomic E-state index is -0.472. The second kappa shape index (κ2) is 4.71. The van der Waals surface area contributed by atoms with Crippen molar-refractivity contribution in [2.24, 2.45) is 0 Å². The van der Waals surface area contributed by atoms with Crippen LogP contribution in [-0.4, -0.2) is 5.11 Å². The van der Waals surface area contributed by atoms with Crippen LogP contribution in [0.1, 0.15) is 34.8 Å². The second-order valence-corrected chi connectivity index (χ2v) is 7.27. The summed E-state index contributed by atoms with van der Waals surface area (Å²) in [6, 6.07) is 8.48. The first-order chi connectivity index (χ1) is 8.24. The van der Waals surface area contributed by atoms with E-state index in [1.54, 1.807) is 11.3 Å². The summed E-state index contributed by atoms with van der Waals surface area (Å²) < 4.78 is 1.22. The van der Waals surface area contributed by atoms with Gasteiger partial charge in [-0.25, -0.2) is 0 Å². The summed E-state index contributed by atoms with van der Waals surface area (Å²) >= 11 is 3.97. The summed E-state index contributed by atoms with van der Waals surface area (Å²) in [4.78, 5) is 0. The highest BCUT2D eigenvalue weighted by Gasteiger charge is 2.16. The normalized spacial score (nSPS) is 15.9. The van der Waals surface area contributed by atoms with Crippen molar-refractivity contribution >= 4 is 33.9 Å². The molecular weight excluding hydrogens is 343 g/mol. The minimum Gasteiger partial charge on any atom is -0.384 e. The van der Waals surface area contributed by atoms with Crippen LogP contribution < -0.4 is 0 Å². The number of hydrogen-bond acceptors (Lipinski definition) is 2. The third kappa shape index (κ3) is 2.28. The van der Waals surface area contributed by atoms with Crippen molar-refractivity contribution in [2.75, 3.05) is 0 Å². The van der Waals surface area contributed by atoms with Crippen LogP contribution in [0, 0.1) is 2.88 Å². The third-order valence-electron chi connectivity index (χ3n) is 3.34. The van der Waals surface area contributed by atoms with Gasteiger partial charge in [-0.3, -0.25) is 0 Å². The lowest BCUT2D eigenvalue weighted by Crippen LogP contribution is -1.99. The molecule has 0 fully saturated rings. The van der Waals surface area contributed by atoms with Crippen LogP contribution in [0.3, 0.4) is 0 Å². The van der Waals surface area contributed by atoms with E-state index in [4.69, 9.17) is 0 Å². The van der Waals surface area contributed by atoms with Gasteiger partial charge in [0, 0.05) is 0 Å². The molecule has 1 nitrogen and oxygen atoms in total. The topological polar surface area (TPSA) is 20.2 Å². The van der Waals surface area contributed by atoms with Gasteiger partial charge in [0.1, 0.15) is 6.10 Å².